The third-order valence-electron chi connectivity index (χ3n) is 4.21. The van der Waals surface area contributed by atoms with Gasteiger partial charge in [-0.15, -0.1) is 0 Å². The zero-order valence-electron chi connectivity index (χ0n) is 14.6. The summed E-state index contributed by atoms with van der Waals surface area (Å²) in [7, 11) is 0. The zero-order chi connectivity index (χ0) is 18.7. The Hall–Kier alpha value is -2.30. The highest BCUT2D eigenvalue weighted by atomic mass is 35.5. The lowest BCUT2D eigenvalue weighted by Crippen LogP contribution is -2.21. The molecule has 0 aliphatic rings. The van der Waals surface area contributed by atoms with E-state index in [9.17, 15) is 4.79 Å². The predicted molar refractivity (Wildman–Crippen MR) is 111 cm³/mol. The number of hydrogen-bond acceptors (Lipinski definition) is 3. The molecule has 0 saturated heterocycles. The lowest BCUT2D eigenvalue weighted by Gasteiger charge is -2.20. The fourth-order valence-electron chi connectivity index (χ4n) is 2.81. The van der Waals surface area contributed by atoms with E-state index < -0.39 is 0 Å². The van der Waals surface area contributed by atoms with E-state index in [2.05, 4.69) is 40.8 Å². The summed E-state index contributed by atoms with van der Waals surface area (Å²) in [4.78, 5) is 21.6. The van der Waals surface area contributed by atoms with Crippen molar-refractivity contribution >= 4 is 50.9 Å². The molecule has 0 saturated carbocycles. The summed E-state index contributed by atoms with van der Waals surface area (Å²) >= 11 is 12.4. The largest absolute Gasteiger partial charge is 0.372 e. The molecule has 1 heterocycles. The van der Waals surface area contributed by atoms with Crippen molar-refractivity contribution in [2.45, 2.75) is 13.8 Å². The molecular formula is C20H19Cl2N3O. The van der Waals surface area contributed by atoms with Gasteiger partial charge in [-0.05, 0) is 55.8 Å². The number of H-pyrrole nitrogens is 1. The second-order valence-electron chi connectivity index (χ2n) is 5.83. The lowest BCUT2D eigenvalue weighted by molar-refractivity contribution is 0.866. The minimum Gasteiger partial charge on any atom is -0.372 e. The van der Waals surface area contributed by atoms with Gasteiger partial charge in [-0.2, -0.15) is 0 Å². The molecule has 0 fully saturated rings. The Balaban J connectivity index is 1.94. The highest BCUT2D eigenvalue weighted by Gasteiger charge is 2.08. The van der Waals surface area contributed by atoms with Crippen LogP contribution in [0.2, 0.25) is 5.02 Å². The molecule has 3 aromatic rings. The molecule has 1 N–H and O–H groups in total. The molecule has 0 unspecified atom stereocenters. The third-order valence-corrected chi connectivity index (χ3v) is 4.73. The predicted octanol–water partition coefficient (Wildman–Crippen LogP) is 5.16. The molecule has 0 atom stereocenters. The first kappa shape index (κ1) is 18.5. The lowest BCUT2D eigenvalue weighted by atomic mass is 10.1. The number of halogens is 2. The van der Waals surface area contributed by atoms with E-state index >= 15 is 0 Å². The molecular weight excluding hydrogens is 369 g/mol. The summed E-state index contributed by atoms with van der Waals surface area (Å²) in [6.07, 6.45) is 1.78. The van der Waals surface area contributed by atoms with Gasteiger partial charge in [0.25, 0.3) is 5.56 Å². The Morgan fingerprint density at radius 2 is 1.85 bits per heavy atom. The average molecular weight is 388 g/mol. The Labute approximate surface area is 162 Å². The number of fused-ring (bicyclic) bond motifs is 1. The van der Waals surface area contributed by atoms with Crippen LogP contribution < -0.4 is 10.5 Å². The molecule has 0 bridgehead atoms. The van der Waals surface area contributed by atoms with Gasteiger partial charge in [0, 0.05) is 23.8 Å². The molecule has 3 rings (SSSR count). The maximum Gasteiger partial charge on any atom is 0.259 e. The van der Waals surface area contributed by atoms with E-state index in [0.29, 0.717) is 26.8 Å². The number of benzene rings is 2. The Bertz CT molecular complexity index is 1010. The molecule has 0 spiro atoms. The van der Waals surface area contributed by atoms with Gasteiger partial charge in [0.1, 0.15) is 0 Å². The van der Waals surface area contributed by atoms with Crippen LogP contribution in [0.15, 0.2) is 47.3 Å². The minimum atomic E-state index is -0.245. The Morgan fingerprint density at radius 3 is 2.50 bits per heavy atom. The van der Waals surface area contributed by atoms with Gasteiger partial charge in [0.15, 0.2) is 5.82 Å². The summed E-state index contributed by atoms with van der Waals surface area (Å²) in [5.74, 6) is 0.319. The van der Waals surface area contributed by atoms with E-state index in [1.165, 1.54) is 0 Å². The number of aromatic nitrogens is 2. The Morgan fingerprint density at radius 1 is 1.15 bits per heavy atom. The van der Waals surface area contributed by atoms with Crippen molar-refractivity contribution in [1.82, 2.24) is 9.97 Å². The van der Waals surface area contributed by atoms with Crippen LogP contribution in [0.25, 0.3) is 22.0 Å². The van der Waals surface area contributed by atoms with Crippen LogP contribution >= 0.6 is 23.2 Å². The second kappa shape index (κ2) is 7.94. The van der Waals surface area contributed by atoms with E-state index in [4.69, 9.17) is 23.2 Å². The van der Waals surface area contributed by atoms with Crippen LogP contribution in [-0.2, 0) is 0 Å². The number of hydrogen-bond donors (Lipinski definition) is 1. The Kier molecular flexibility index (Phi) is 5.64. The van der Waals surface area contributed by atoms with Gasteiger partial charge in [-0.1, -0.05) is 35.3 Å². The smallest absolute Gasteiger partial charge is 0.259 e. The van der Waals surface area contributed by atoms with Crippen molar-refractivity contribution < 1.29 is 0 Å². The van der Waals surface area contributed by atoms with E-state index in [-0.39, 0.29) is 5.56 Å². The standard InChI is InChI=1S/C20H19Cl2N3O/c1-3-25(4-2)15-8-5-13(6-9-15)11-17(22)19-23-18-12-14(21)7-10-16(18)20(26)24-19/h5-12H,3-4H2,1-2H3,(H,23,24,26)/b17-11-. The van der Waals surface area contributed by atoms with Crippen molar-refractivity contribution in [3.8, 4) is 0 Å². The fraction of sp³-hybridized carbons (Fsp3) is 0.200. The summed E-state index contributed by atoms with van der Waals surface area (Å²) in [5, 5.41) is 1.36. The molecule has 134 valence electrons. The molecule has 4 nitrogen and oxygen atoms in total. The van der Waals surface area contributed by atoms with E-state index in [1.54, 1.807) is 24.3 Å². The molecule has 2 aromatic carbocycles. The van der Waals surface area contributed by atoms with Gasteiger partial charge in [0.05, 0.1) is 15.9 Å². The summed E-state index contributed by atoms with van der Waals surface area (Å²) in [6, 6.07) is 13.1. The molecule has 0 aliphatic heterocycles. The zero-order valence-corrected chi connectivity index (χ0v) is 16.1. The third kappa shape index (κ3) is 3.92. The average Bonchev–Trinajstić information content (AvgIpc) is 2.63. The maximum atomic E-state index is 12.2. The second-order valence-corrected chi connectivity index (χ2v) is 6.68. The highest BCUT2D eigenvalue weighted by Crippen LogP contribution is 2.23. The van der Waals surface area contributed by atoms with Gasteiger partial charge < -0.3 is 9.88 Å². The van der Waals surface area contributed by atoms with Gasteiger partial charge in [0.2, 0.25) is 0 Å². The first-order chi connectivity index (χ1) is 12.5. The highest BCUT2D eigenvalue weighted by molar-refractivity contribution is 6.50. The van der Waals surface area contributed by atoms with Crippen LogP contribution in [-0.4, -0.2) is 23.1 Å². The first-order valence-corrected chi connectivity index (χ1v) is 9.19. The summed E-state index contributed by atoms with van der Waals surface area (Å²) in [6.45, 7) is 6.17. The van der Waals surface area contributed by atoms with Crippen LogP contribution in [0.4, 0.5) is 5.69 Å². The minimum absolute atomic E-state index is 0.245. The normalized spacial score (nSPS) is 11.8. The SMILES string of the molecule is CCN(CC)c1ccc(/C=C(\Cl)c2nc3cc(Cl)ccc3c(=O)[nH]2)cc1. The van der Waals surface area contributed by atoms with Crippen molar-refractivity contribution in [2.24, 2.45) is 0 Å². The van der Waals surface area contributed by atoms with Gasteiger partial charge in [-0.3, -0.25) is 4.79 Å². The van der Waals surface area contributed by atoms with Crippen molar-refractivity contribution in [3.63, 3.8) is 0 Å². The molecule has 0 aliphatic carbocycles. The number of rotatable bonds is 5. The molecule has 1 aromatic heterocycles. The molecule has 0 amide bonds. The summed E-state index contributed by atoms with van der Waals surface area (Å²) in [5.41, 5.74) is 2.36. The molecule has 6 heteroatoms. The van der Waals surface area contributed by atoms with Crippen molar-refractivity contribution in [2.75, 3.05) is 18.0 Å². The van der Waals surface area contributed by atoms with Crippen molar-refractivity contribution in [1.29, 1.82) is 0 Å². The number of aromatic amines is 1. The summed E-state index contributed by atoms with van der Waals surface area (Å²) < 4.78 is 0. The van der Waals surface area contributed by atoms with Gasteiger partial charge >= 0.3 is 0 Å². The number of anilines is 1. The van der Waals surface area contributed by atoms with Crippen LogP contribution in [0.3, 0.4) is 0 Å². The van der Waals surface area contributed by atoms with Crippen molar-refractivity contribution in [3.05, 3.63) is 69.2 Å². The topological polar surface area (TPSA) is 49.0 Å². The molecule has 26 heavy (non-hydrogen) atoms. The monoisotopic (exact) mass is 387 g/mol. The van der Waals surface area contributed by atoms with Gasteiger partial charge in [-0.25, -0.2) is 4.98 Å². The fourth-order valence-corrected chi connectivity index (χ4v) is 3.19. The van der Waals surface area contributed by atoms with Crippen LogP contribution in [0, 0.1) is 0 Å². The number of nitrogens with zero attached hydrogens (tertiary/aromatic N) is 2. The molecule has 0 radical (unpaired) electrons. The van der Waals surface area contributed by atoms with E-state index in [0.717, 1.165) is 24.3 Å². The van der Waals surface area contributed by atoms with Crippen LogP contribution in [0.1, 0.15) is 25.2 Å². The number of nitrogens with one attached hydrogen (secondary N) is 1. The first-order valence-electron chi connectivity index (χ1n) is 8.44. The maximum absolute atomic E-state index is 12.2. The quantitative estimate of drug-likeness (QED) is 0.657. The van der Waals surface area contributed by atoms with E-state index in [1.807, 2.05) is 12.1 Å². The van der Waals surface area contributed by atoms with Crippen LogP contribution in [0.5, 0.6) is 0 Å².